The third kappa shape index (κ3) is 3.13. The first-order valence-corrected chi connectivity index (χ1v) is 8.32. The molecule has 5 nitrogen and oxygen atoms in total. The Morgan fingerprint density at radius 1 is 1.40 bits per heavy atom. The van der Waals surface area contributed by atoms with Crippen LogP contribution < -0.4 is 5.32 Å². The Morgan fingerprint density at radius 3 is 2.95 bits per heavy atom. The van der Waals surface area contributed by atoms with Crippen molar-refractivity contribution < 1.29 is 13.2 Å². The van der Waals surface area contributed by atoms with Gasteiger partial charge in [0.05, 0.1) is 4.90 Å². The first kappa shape index (κ1) is 15.3. The van der Waals surface area contributed by atoms with Crippen molar-refractivity contribution in [2.24, 2.45) is 0 Å². The van der Waals surface area contributed by atoms with Gasteiger partial charge in [-0.15, -0.1) is 0 Å². The van der Waals surface area contributed by atoms with Crippen molar-refractivity contribution >= 4 is 15.7 Å². The topological polar surface area (TPSA) is 58.6 Å². The third-order valence-corrected chi connectivity index (χ3v) is 5.50. The average Bonchev–Trinajstić information content (AvgIpc) is 2.46. The van der Waals surface area contributed by atoms with E-state index in [1.54, 1.807) is 26.3 Å². The van der Waals surface area contributed by atoms with Crippen molar-refractivity contribution in [3.05, 3.63) is 23.8 Å². The zero-order valence-electron chi connectivity index (χ0n) is 12.1. The number of methoxy groups -OCH3 is 1. The molecule has 6 heteroatoms. The smallest absolute Gasteiger partial charge is 0.243 e. The summed E-state index contributed by atoms with van der Waals surface area (Å²) in [6.45, 7) is 1.93. The summed E-state index contributed by atoms with van der Waals surface area (Å²) in [5, 5.41) is 3.26. The van der Waals surface area contributed by atoms with E-state index >= 15 is 0 Å². The van der Waals surface area contributed by atoms with Crippen LogP contribution in [0.2, 0.25) is 0 Å². The number of nitrogens with zero attached hydrogens (tertiary/aromatic N) is 1. The Labute approximate surface area is 121 Å². The Balaban J connectivity index is 2.25. The van der Waals surface area contributed by atoms with Crippen LogP contribution in [0, 0.1) is 0 Å². The van der Waals surface area contributed by atoms with Crippen LogP contribution in [0.4, 0.5) is 5.69 Å². The summed E-state index contributed by atoms with van der Waals surface area (Å²) in [5.74, 6) is 0. The number of rotatable bonds is 6. The summed E-state index contributed by atoms with van der Waals surface area (Å²) in [4.78, 5) is 0.433. The molecule has 0 aromatic heterocycles. The molecule has 0 bridgehead atoms. The molecule has 20 heavy (non-hydrogen) atoms. The zero-order valence-corrected chi connectivity index (χ0v) is 12.9. The molecule has 112 valence electrons. The Kier molecular flexibility index (Phi) is 5.01. The van der Waals surface area contributed by atoms with Gasteiger partial charge in [0.15, 0.2) is 0 Å². The molecule has 0 saturated carbocycles. The number of fused-ring (bicyclic) bond motifs is 1. The van der Waals surface area contributed by atoms with E-state index in [0.29, 0.717) is 24.5 Å². The molecule has 2 rings (SSSR count). The standard InChI is InChI=1S/C14H22N2O3S/c1-16(10-5-11-19-2)20(17,18)14-8-3-7-13-12(14)6-4-9-15-13/h3,7-8,15H,4-6,9-11H2,1-2H3. The van der Waals surface area contributed by atoms with Crippen molar-refractivity contribution in [1.82, 2.24) is 4.31 Å². The summed E-state index contributed by atoms with van der Waals surface area (Å²) in [6, 6.07) is 5.44. The normalized spacial score (nSPS) is 14.9. The van der Waals surface area contributed by atoms with Crippen molar-refractivity contribution in [2.45, 2.75) is 24.2 Å². The minimum atomic E-state index is -3.42. The van der Waals surface area contributed by atoms with Crippen molar-refractivity contribution in [3.8, 4) is 0 Å². The summed E-state index contributed by atoms with van der Waals surface area (Å²) < 4.78 is 31.7. The molecular formula is C14H22N2O3S. The van der Waals surface area contributed by atoms with Crippen molar-refractivity contribution in [3.63, 3.8) is 0 Å². The molecule has 1 heterocycles. The van der Waals surface area contributed by atoms with Crippen LogP contribution in [0.15, 0.2) is 23.1 Å². The van der Waals surface area contributed by atoms with Crippen LogP contribution in [0.1, 0.15) is 18.4 Å². The minimum Gasteiger partial charge on any atom is -0.385 e. The third-order valence-electron chi connectivity index (χ3n) is 3.56. The molecule has 1 N–H and O–H groups in total. The first-order valence-electron chi connectivity index (χ1n) is 6.88. The second-order valence-electron chi connectivity index (χ2n) is 4.99. The van der Waals surface area contributed by atoms with Crippen LogP contribution in [0.25, 0.3) is 0 Å². The van der Waals surface area contributed by atoms with Crippen molar-refractivity contribution in [2.75, 3.05) is 39.2 Å². The van der Waals surface area contributed by atoms with Gasteiger partial charge in [-0.2, -0.15) is 0 Å². The van der Waals surface area contributed by atoms with Gasteiger partial charge in [-0.1, -0.05) is 6.07 Å². The summed E-state index contributed by atoms with van der Waals surface area (Å²) in [5.41, 5.74) is 1.86. The lowest BCUT2D eigenvalue weighted by atomic mass is 10.0. The highest BCUT2D eigenvalue weighted by Crippen LogP contribution is 2.29. The monoisotopic (exact) mass is 298 g/mol. The van der Waals surface area contributed by atoms with E-state index in [4.69, 9.17) is 4.74 Å². The largest absolute Gasteiger partial charge is 0.385 e. The maximum atomic E-state index is 12.7. The molecule has 1 aromatic rings. The van der Waals surface area contributed by atoms with Gasteiger partial charge < -0.3 is 10.1 Å². The quantitative estimate of drug-likeness (QED) is 0.812. The number of benzene rings is 1. The molecule has 1 aromatic carbocycles. The Bertz CT molecular complexity index is 558. The molecule has 0 fully saturated rings. The molecule has 1 aliphatic rings. The van der Waals surface area contributed by atoms with Gasteiger partial charge in [-0.3, -0.25) is 0 Å². The van der Waals surface area contributed by atoms with Gasteiger partial charge >= 0.3 is 0 Å². The summed E-state index contributed by atoms with van der Waals surface area (Å²) in [7, 11) is -0.179. The van der Waals surface area contributed by atoms with Crippen LogP contribution in [-0.4, -0.2) is 46.6 Å². The molecule has 0 spiro atoms. The lowest BCUT2D eigenvalue weighted by molar-refractivity contribution is 0.189. The molecule has 0 saturated heterocycles. The number of hydrogen-bond donors (Lipinski definition) is 1. The van der Waals surface area contributed by atoms with Gasteiger partial charge in [0.25, 0.3) is 0 Å². The lowest BCUT2D eigenvalue weighted by Gasteiger charge is -2.24. The predicted octanol–water partition coefficient (Wildman–Crippen LogP) is 1.70. The van der Waals surface area contributed by atoms with Gasteiger partial charge in [-0.25, -0.2) is 12.7 Å². The number of hydrogen-bond acceptors (Lipinski definition) is 4. The summed E-state index contributed by atoms with van der Waals surface area (Å²) >= 11 is 0. The van der Waals surface area contributed by atoms with Crippen LogP contribution in [0.5, 0.6) is 0 Å². The van der Waals surface area contributed by atoms with E-state index in [1.807, 2.05) is 6.07 Å². The number of ether oxygens (including phenoxy) is 1. The lowest BCUT2D eigenvalue weighted by Crippen LogP contribution is -2.30. The van der Waals surface area contributed by atoms with Crippen LogP contribution in [-0.2, 0) is 21.2 Å². The molecule has 0 atom stereocenters. The number of anilines is 1. The van der Waals surface area contributed by atoms with E-state index < -0.39 is 10.0 Å². The highest BCUT2D eigenvalue weighted by Gasteiger charge is 2.25. The highest BCUT2D eigenvalue weighted by molar-refractivity contribution is 7.89. The first-order chi connectivity index (χ1) is 9.57. The Morgan fingerprint density at radius 2 is 2.20 bits per heavy atom. The molecule has 0 amide bonds. The second kappa shape index (κ2) is 6.56. The van der Waals surface area contributed by atoms with E-state index in [1.165, 1.54) is 4.31 Å². The summed E-state index contributed by atoms with van der Waals surface area (Å²) in [6.07, 6.45) is 2.47. The van der Waals surface area contributed by atoms with E-state index in [9.17, 15) is 8.42 Å². The molecule has 1 aliphatic heterocycles. The highest BCUT2D eigenvalue weighted by atomic mass is 32.2. The number of nitrogens with one attached hydrogen (secondary N) is 1. The van der Waals surface area contributed by atoms with Crippen LogP contribution >= 0.6 is 0 Å². The SMILES string of the molecule is COCCCN(C)S(=O)(=O)c1cccc2c1CCCN2. The molecule has 0 unspecified atom stereocenters. The van der Waals surface area contributed by atoms with E-state index in [-0.39, 0.29) is 0 Å². The fourth-order valence-corrected chi connectivity index (χ4v) is 3.92. The maximum absolute atomic E-state index is 12.7. The van der Waals surface area contributed by atoms with Gasteiger partial charge in [0.1, 0.15) is 0 Å². The fourth-order valence-electron chi connectivity index (χ4n) is 2.44. The molecular weight excluding hydrogens is 276 g/mol. The van der Waals surface area contributed by atoms with Gasteiger partial charge in [0, 0.05) is 39.5 Å². The average molecular weight is 298 g/mol. The fraction of sp³-hybridized carbons (Fsp3) is 0.571. The molecule has 0 aliphatic carbocycles. The minimum absolute atomic E-state index is 0.433. The Hall–Kier alpha value is -1.11. The van der Waals surface area contributed by atoms with E-state index in [0.717, 1.165) is 30.6 Å². The van der Waals surface area contributed by atoms with Crippen molar-refractivity contribution in [1.29, 1.82) is 0 Å². The van der Waals surface area contributed by atoms with E-state index in [2.05, 4.69) is 5.32 Å². The number of sulfonamides is 1. The maximum Gasteiger partial charge on any atom is 0.243 e. The second-order valence-corrected chi connectivity index (χ2v) is 7.00. The van der Waals surface area contributed by atoms with Gasteiger partial charge in [0.2, 0.25) is 10.0 Å². The molecule has 0 radical (unpaired) electrons. The van der Waals surface area contributed by atoms with Gasteiger partial charge in [-0.05, 0) is 37.0 Å². The zero-order chi connectivity index (χ0) is 14.6. The predicted molar refractivity (Wildman–Crippen MR) is 79.6 cm³/mol. The van der Waals surface area contributed by atoms with Crippen LogP contribution in [0.3, 0.4) is 0 Å².